The Morgan fingerprint density at radius 1 is 1.69 bits per heavy atom. The molecule has 4 nitrogen and oxygen atoms in total. The molecule has 0 aromatic carbocycles. The lowest BCUT2D eigenvalue weighted by atomic mass is 10.1. The number of aromatic nitrogens is 2. The van der Waals surface area contributed by atoms with Crippen LogP contribution < -0.4 is 5.73 Å². The van der Waals surface area contributed by atoms with Crippen LogP contribution in [0.3, 0.4) is 0 Å². The van der Waals surface area contributed by atoms with Gasteiger partial charge in [-0.15, -0.1) is 12.4 Å². The Morgan fingerprint density at radius 2 is 2.54 bits per heavy atom. The van der Waals surface area contributed by atoms with E-state index in [2.05, 4.69) is 5.10 Å². The molecule has 1 aliphatic rings. The molecule has 1 aromatic heterocycles. The van der Waals surface area contributed by atoms with Crippen molar-refractivity contribution in [2.45, 2.75) is 13.0 Å². The van der Waals surface area contributed by atoms with Gasteiger partial charge in [0.15, 0.2) is 0 Å². The summed E-state index contributed by atoms with van der Waals surface area (Å²) in [4.78, 5) is 0. The molecule has 0 radical (unpaired) electrons. The van der Waals surface area contributed by atoms with E-state index in [9.17, 15) is 0 Å². The van der Waals surface area contributed by atoms with Crippen molar-refractivity contribution in [1.29, 1.82) is 0 Å². The second-order valence-corrected chi connectivity index (χ2v) is 3.23. The van der Waals surface area contributed by atoms with E-state index in [1.165, 1.54) is 0 Å². The van der Waals surface area contributed by atoms with E-state index >= 15 is 0 Å². The number of anilines is 1. The minimum atomic E-state index is 0. The van der Waals surface area contributed by atoms with Gasteiger partial charge in [0.1, 0.15) is 0 Å². The summed E-state index contributed by atoms with van der Waals surface area (Å²) in [5.74, 6) is 0.615. The van der Waals surface area contributed by atoms with Crippen LogP contribution >= 0.6 is 12.4 Å². The van der Waals surface area contributed by atoms with Gasteiger partial charge in [-0.25, -0.2) is 0 Å². The molecular weight excluding hydrogens is 190 g/mol. The molecular formula is C8H14ClN3O. The lowest BCUT2D eigenvalue weighted by Gasteiger charge is -2.06. The average molecular weight is 204 g/mol. The fraction of sp³-hybridized carbons (Fsp3) is 0.625. The molecule has 74 valence electrons. The van der Waals surface area contributed by atoms with Crippen molar-refractivity contribution >= 4 is 18.1 Å². The molecule has 0 amide bonds. The normalized spacial score (nSPS) is 21.4. The van der Waals surface area contributed by atoms with Crippen LogP contribution in [0.1, 0.15) is 6.42 Å². The second kappa shape index (κ2) is 4.48. The number of hydrogen-bond acceptors (Lipinski definition) is 3. The summed E-state index contributed by atoms with van der Waals surface area (Å²) in [6, 6.07) is 0. The van der Waals surface area contributed by atoms with Crippen LogP contribution in [0.2, 0.25) is 0 Å². The first-order valence-electron chi connectivity index (χ1n) is 4.20. The molecule has 2 rings (SSSR count). The summed E-state index contributed by atoms with van der Waals surface area (Å²) in [5, 5.41) is 4.12. The van der Waals surface area contributed by atoms with Gasteiger partial charge in [-0.05, 0) is 6.42 Å². The Bertz CT molecular complexity index is 258. The quantitative estimate of drug-likeness (QED) is 0.778. The summed E-state index contributed by atoms with van der Waals surface area (Å²) in [6.45, 7) is 2.68. The Hall–Kier alpha value is -0.740. The standard InChI is InChI=1S/C8H13N3O.ClH/c9-8-3-10-11(5-8)4-7-1-2-12-6-7;/h3,5,7H,1-2,4,6,9H2;1H. The highest BCUT2D eigenvalue weighted by atomic mass is 35.5. The maximum absolute atomic E-state index is 5.54. The van der Waals surface area contributed by atoms with Gasteiger partial charge < -0.3 is 10.5 Å². The van der Waals surface area contributed by atoms with Gasteiger partial charge >= 0.3 is 0 Å². The van der Waals surface area contributed by atoms with E-state index in [-0.39, 0.29) is 12.4 Å². The smallest absolute Gasteiger partial charge is 0.0719 e. The fourth-order valence-corrected chi connectivity index (χ4v) is 1.47. The van der Waals surface area contributed by atoms with Crippen molar-refractivity contribution in [1.82, 2.24) is 9.78 Å². The van der Waals surface area contributed by atoms with Gasteiger partial charge in [-0.1, -0.05) is 0 Å². The zero-order valence-electron chi connectivity index (χ0n) is 7.35. The molecule has 0 saturated carbocycles. The number of hydrogen-bond donors (Lipinski definition) is 1. The Kier molecular flexibility index (Phi) is 3.57. The van der Waals surface area contributed by atoms with Crippen molar-refractivity contribution in [3.8, 4) is 0 Å². The highest BCUT2D eigenvalue weighted by Crippen LogP contribution is 2.14. The van der Waals surface area contributed by atoms with Crippen molar-refractivity contribution < 1.29 is 4.74 Å². The van der Waals surface area contributed by atoms with Crippen LogP contribution in [0.4, 0.5) is 5.69 Å². The minimum Gasteiger partial charge on any atom is -0.396 e. The molecule has 0 bridgehead atoms. The van der Waals surface area contributed by atoms with Crippen molar-refractivity contribution in [3.05, 3.63) is 12.4 Å². The van der Waals surface area contributed by atoms with E-state index in [4.69, 9.17) is 10.5 Å². The van der Waals surface area contributed by atoms with Crippen LogP contribution in [0.25, 0.3) is 0 Å². The van der Waals surface area contributed by atoms with Gasteiger partial charge in [0.05, 0.1) is 18.5 Å². The largest absolute Gasteiger partial charge is 0.396 e. The first-order valence-corrected chi connectivity index (χ1v) is 4.20. The predicted octanol–water partition coefficient (Wildman–Crippen LogP) is 0.924. The number of rotatable bonds is 2. The molecule has 2 N–H and O–H groups in total. The zero-order valence-corrected chi connectivity index (χ0v) is 8.17. The van der Waals surface area contributed by atoms with Crippen LogP contribution in [-0.2, 0) is 11.3 Å². The third-order valence-electron chi connectivity index (χ3n) is 2.12. The van der Waals surface area contributed by atoms with E-state index in [0.717, 1.165) is 31.9 Å². The van der Waals surface area contributed by atoms with Crippen molar-refractivity contribution in [3.63, 3.8) is 0 Å². The number of nitrogens with zero attached hydrogens (tertiary/aromatic N) is 2. The molecule has 1 aromatic rings. The SMILES string of the molecule is Cl.Nc1cnn(CC2CCOC2)c1. The van der Waals surface area contributed by atoms with Gasteiger partial charge in [0, 0.05) is 25.3 Å². The summed E-state index contributed by atoms with van der Waals surface area (Å²) in [7, 11) is 0. The maximum atomic E-state index is 5.54. The number of ether oxygens (including phenoxy) is 1. The van der Waals surface area contributed by atoms with E-state index < -0.39 is 0 Å². The highest BCUT2D eigenvalue weighted by molar-refractivity contribution is 5.85. The van der Waals surface area contributed by atoms with Gasteiger partial charge in [-0.3, -0.25) is 4.68 Å². The third-order valence-corrected chi connectivity index (χ3v) is 2.12. The van der Waals surface area contributed by atoms with E-state index in [1.807, 2.05) is 10.9 Å². The van der Waals surface area contributed by atoms with Crippen LogP contribution in [-0.4, -0.2) is 23.0 Å². The Labute approximate surface area is 83.5 Å². The summed E-state index contributed by atoms with van der Waals surface area (Å²) >= 11 is 0. The van der Waals surface area contributed by atoms with E-state index in [0.29, 0.717) is 5.92 Å². The monoisotopic (exact) mass is 203 g/mol. The molecule has 1 saturated heterocycles. The lowest BCUT2D eigenvalue weighted by Crippen LogP contribution is -2.10. The minimum absolute atomic E-state index is 0. The van der Waals surface area contributed by atoms with Crippen LogP contribution in [0, 0.1) is 5.92 Å². The lowest BCUT2D eigenvalue weighted by molar-refractivity contribution is 0.181. The Balaban J connectivity index is 0.000000845. The molecule has 13 heavy (non-hydrogen) atoms. The van der Waals surface area contributed by atoms with Crippen molar-refractivity contribution in [2.24, 2.45) is 5.92 Å². The second-order valence-electron chi connectivity index (χ2n) is 3.23. The fourth-order valence-electron chi connectivity index (χ4n) is 1.47. The molecule has 1 unspecified atom stereocenters. The number of nitrogen functional groups attached to an aromatic ring is 1. The summed E-state index contributed by atoms with van der Waals surface area (Å²) < 4.78 is 7.15. The molecule has 0 spiro atoms. The first kappa shape index (κ1) is 10.3. The maximum Gasteiger partial charge on any atom is 0.0719 e. The third kappa shape index (κ3) is 2.60. The van der Waals surface area contributed by atoms with Crippen molar-refractivity contribution in [2.75, 3.05) is 18.9 Å². The number of halogens is 1. The molecule has 2 heterocycles. The predicted molar refractivity (Wildman–Crippen MR) is 52.8 cm³/mol. The molecule has 1 atom stereocenters. The molecule has 5 heteroatoms. The van der Waals surface area contributed by atoms with Gasteiger partial charge in [0.2, 0.25) is 0 Å². The average Bonchev–Trinajstić information content (AvgIpc) is 2.63. The highest BCUT2D eigenvalue weighted by Gasteiger charge is 2.15. The molecule has 1 fully saturated rings. The van der Waals surface area contributed by atoms with Crippen LogP contribution in [0.15, 0.2) is 12.4 Å². The topological polar surface area (TPSA) is 53.1 Å². The van der Waals surface area contributed by atoms with E-state index in [1.54, 1.807) is 6.20 Å². The number of nitrogens with two attached hydrogens (primary N) is 1. The molecule has 0 aliphatic carbocycles. The van der Waals surface area contributed by atoms with Gasteiger partial charge in [-0.2, -0.15) is 5.10 Å². The summed E-state index contributed by atoms with van der Waals surface area (Å²) in [5.41, 5.74) is 6.27. The first-order chi connectivity index (χ1) is 5.84. The summed E-state index contributed by atoms with van der Waals surface area (Å²) in [6.07, 6.45) is 4.67. The molecule has 1 aliphatic heterocycles. The zero-order chi connectivity index (χ0) is 8.39. The Morgan fingerprint density at radius 3 is 3.08 bits per heavy atom. The van der Waals surface area contributed by atoms with Crippen LogP contribution in [0.5, 0.6) is 0 Å². The van der Waals surface area contributed by atoms with Gasteiger partial charge in [0.25, 0.3) is 0 Å².